The van der Waals surface area contributed by atoms with Crippen LogP contribution in [0, 0.1) is 18.3 Å². The molecule has 0 aromatic heterocycles. The zero-order valence-electron chi connectivity index (χ0n) is 22.3. The molecule has 206 valence electrons. The summed E-state index contributed by atoms with van der Waals surface area (Å²) >= 11 is 0. The Morgan fingerprint density at radius 1 is 1.08 bits per heavy atom. The minimum absolute atomic E-state index is 0.0988. The summed E-state index contributed by atoms with van der Waals surface area (Å²) in [4.78, 5) is 63.6. The van der Waals surface area contributed by atoms with Gasteiger partial charge < -0.3 is 26.2 Å². The molecule has 10 nitrogen and oxygen atoms in total. The van der Waals surface area contributed by atoms with Crippen LogP contribution in [0.4, 0.5) is 4.79 Å². The topological polar surface area (TPSA) is 137 Å². The van der Waals surface area contributed by atoms with Crippen molar-refractivity contribution in [1.82, 2.24) is 26.2 Å². The number of ketones is 1. The van der Waals surface area contributed by atoms with Crippen molar-refractivity contribution < 1.29 is 24.0 Å². The summed E-state index contributed by atoms with van der Waals surface area (Å²) in [6, 6.07) is -1.95. The molecule has 0 aromatic rings. The van der Waals surface area contributed by atoms with Gasteiger partial charge in [-0.05, 0) is 38.0 Å². The second kappa shape index (κ2) is 18.0. The Labute approximate surface area is 220 Å². The molecule has 0 saturated heterocycles. The SMILES string of the molecule is C#CCCC(NC(=O)CCCCN(C)C(=O)C(NC(=O)NC)C1CCCCCC1)C(=O)C(=O)NCC=C. The molecular formula is C27H43N5O5. The highest BCUT2D eigenvalue weighted by atomic mass is 16.2. The number of nitrogens with zero attached hydrogens (tertiary/aromatic N) is 1. The molecule has 1 rings (SSSR count). The molecule has 1 fully saturated rings. The van der Waals surface area contributed by atoms with Crippen LogP contribution in [-0.4, -0.2) is 73.7 Å². The van der Waals surface area contributed by atoms with Gasteiger partial charge in [-0.15, -0.1) is 18.9 Å². The Morgan fingerprint density at radius 3 is 2.35 bits per heavy atom. The van der Waals surface area contributed by atoms with Crippen LogP contribution in [0.25, 0.3) is 0 Å². The van der Waals surface area contributed by atoms with Crippen molar-refractivity contribution in [3.8, 4) is 12.3 Å². The average molecular weight is 518 g/mol. The van der Waals surface area contributed by atoms with Crippen LogP contribution < -0.4 is 21.3 Å². The summed E-state index contributed by atoms with van der Waals surface area (Å²) in [7, 11) is 3.23. The zero-order chi connectivity index (χ0) is 27.6. The summed E-state index contributed by atoms with van der Waals surface area (Å²) in [6.45, 7) is 4.06. The van der Waals surface area contributed by atoms with Crippen molar-refractivity contribution in [1.29, 1.82) is 0 Å². The van der Waals surface area contributed by atoms with Gasteiger partial charge in [0.05, 0.1) is 6.04 Å². The highest BCUT2D eigenvalue weighted by Gasteiger charge is 2.32. The molecule has 1 saturated carbocycles. The Morgan fingerprint density at radius 2 is 1.76 bits per heavy atom. The maximum Gasteiger partial charge on any atom is 0.315 e. The summed E-state index contributed by atoms with van der Waals surface area (Å²) in [5.74, 6) is 0.477. The molecule has 1 aliphatic rings. The van der Waals surface area contributed by atoms with Gasteiger partial charge in [0.15, 0.2) is 0 Å². The quantitative estimate of drug-likeness (QED) is 0.0861. The number of likely N-dealkylation sites (N-methyl/N-ethyl adjacent to an activating group) is 1. The monoisotopic (exact) mass is 517 g/mol. The molecule has 0 bridgehead atoms. The summed E-state index contributed by atoms with van der Waals surface area (Å²) < 4.78 is 0. The van der Waals surface area contributed by atoms with E-state index in [2.05, 4.69) is 33.8 Å². The smallest absolute Gasteiger partial charge is 0.315 e. The number of amides is 5. The van der Waals surface area contributed by atoms with E-state index < -0.39 is 23.8 Å². The van der Waals surface area contributed by atoms with E-state index in [4.69, 9.17) is 6.42 Å². The lowest BCUT2D eigenvalue weighted by Crippen LogP contribution is -2.53. The van der Waals surface area contributed by atoms with E-state index in [1.165, 1.54) is 13.1 Å². The van der Waals surface area contributed by atoms with Gasteiger partial charge in [-0.1, -0.05) is 31.8 Å². The fourth-order valence-electron chi connectivity index (χ4n) is 4.39. The van der Waals surface area contributed by atoms with Crippen molar-refractivity contribution >= 4 is 29.5 Å². The lowest BCUT2D eigenvalue weighted by atomic mass is 9.91. The molecule has 0 radical (unpaired) electrons. The Kier molecular flexibility index (Phi) is 15.4. The van der Waals surface area contributed by atoms with E-state index >= 15 is 0 Å². The van der Waals surface area contributed by atoms with E-state index in [0.29, 0.717) is 19.4 Å². The number of Topliss-reactive ketones (excluding diaryl/α,β-unsaturated/α-hetero) is 1. The van der Waals surface area contributed by atoms with Crippen molar-refractivity contribution in [2.45, 2.75) is 82.7 Å². The third-order valence-corrected chi connectivity index (χ3v) is 6.53. The van der Waals surface area contributed by atoms with Crippen molar-refractivity contribution in [3.05, 3.63) is 12.7 Å². The minimum Gasteiger partial charge on any atom is -0.346 e. The number of hydrogen-bond donors (Lipinski definition) is 4. The molecule has 4 N–H and O–H groups in total. The van der Waals surface area contributed by atoms with Crippen LogP contribution in [-0.2, 0) is 19.2 Å². The van der Waals surface area contributed by atoms with Crippen molar-refractivity contribution in [2.24, 2.45) is 5.92 Å². The maximum absolute atomic E-state index is 13.2. The molecule has 5 amide bonds. The number of hydrogen-bond acceptors (Lipinski definition) is 5. The van der Waals surface area contributed by atoms with Gasteiger partial charge in [0.1, 0.15) is 6.04 Å². The second-order valence-corrected chi connectivity index (χ2v) is 9.40. The highest BCUT2D eigenvalue weighted by molar-refractivity contribution is 6.38. The van der Waals surface area contributed by atoms with Crippen LogP contribution in [0.15, 0.2) is 12.7 Å². The molecule has 2 unspecified atom stereocenters. The summed E-state index contributed by atoms with van der Waals surface area (Å²) in [6.07, 6.45) is 14.5. The highest BCUT2D eigenvalue weighted by Crippen LogP contribution is 2.26. The first-order valence-electron chi connectivity index (χ1n) is 13.1. The van der Waals surface area contributed by atoms with Gasteiger partial charge >= 0.3 is 6.03 Å². The molecule has 0 heterocycles. The van der Waals surface area contributed by atoms with E-state index in [9.17, 15) is 24.0 Å². The first-order chi connectivity index (χ1) is 17.7. The largest absolute Gasteiger partial charge is 0.346 e. The van der Waals surface area contributed by atoms with Gasteiger partial charge in [0.2, 0.25) is 17.6 Å². The van der Waals surface area contributed by atoms with E-state index in [0.717, 1.165) is 38.5 Å². The summed E-state index contributed by atoms with van der Waals surface area (Å²) in [5.41, 5.74) is 0. The van der Waals surface area contributed by atoms with E-state index in [-0.39, 0.29) is 49.6 Å². The molecule has 37 heavy (non-hydrogen) atoms. The van der Waals surface area contributed by atoms with Gasteiger partial charge in [-0.2, -0.15) is 0 Å². The lowest BCUT2D eigenvalue weighted by molar-refractivity contribution is -0.140. The van der Waals surface area contributed by atoms with Crippen LogP contribution in [0.1, 0.15) is 70.6 Å². The predicted octanol–water partition coefficient (Wildman–Crippen LogP) is 1.65. The summed E-state index contributed by atoms with van der Waals surface area (Å²) in [5, 5.41) is 10.4. The van der Waals surface area contributed by atoms with Crippen molar-refractivity contribution in [2.75, 3.05) is 27.2 Å². The molecule has 1 aliphatic carbocycles. The minimum atomic E-state index is -0.992. The van der Waals surface area contributed by atoms with Crippen LogP contribution in [0.5, 0.6) is 0 Å². The normalized spacial score (nSPS) is 15.2. The van der Waals surface area contributed by atoms with Gasteiger partial charge in [0, 0.05) is 40.0 Å². The number of nitrogens with one attached hydrogen (secondary N) is 4. The lowest BCUT2D eigenvalue weighted by Gasteiger charge is -2.30. The van der Waals surface area contributed by atoms with Gasteiger partial charge in [0.25, 0.3) is 5.91 Å². The standard InChI is InChI=1S/C27H43N5O5/c1-5-7-16-21(24(34)25(35)29-18-6-2)30-22(33)17-12-13-19-32(4)26(36)23(31-27(37)28-3)20-14-10-8-9-11-15-20/h1,6,20-21,23H,2,7-19H2,3-4H3,(H,29,35)(H,30,33)(H2,28,31,37). The first kappa shape index (κ1) is 31.7. The number of urea groups is 1. The molecule has 2 atom stereocenters. The van der Waals surface area contributed by atoms with Gasteiger partial charge in [-0.25, -0.2) is 4.79 Å². The fourth-order valence-corrected chi connectivity index (χ4v) is 4.39. The number of unbranched alkanes of at least 4 members (excludes halogenated alkanes) is 1. The Bertz CT molecular complexity index is 830. The number of carbonyl (C=O) groups excluding carboxylic acids is 5. The number of terminal acetylenes is 1. The third-order valence-electron chi connectivity index (χ3n) is 6.53. The molecule has 10 heteroatoms. The average Bonchev–Trinajstić information content (AvgIpc) is 3.19. The second-order valence-electron chi connectivity index (χ2n) is 9.40. The predicted molar refractivity (Wildman–Crippen MR) is 142 cm³/mol. The molecule has 0 aliphatic heterocycles. The Hall–Kier alpha value is -3.35. The molecular weight excluding hydrogens is 474 g/mol. The number of rotatable bonds is 15. The third kappa shape index (κ3) is 12.0. The Balaban J connectivity index is 2.59. The first-order valence-corrected chi connectivity index (χ1v) is 13.1. The van der Waals surface area contributed by atoms with Crippen LogP contribution >= 0.6 is 0 Å². The maximum atomic E-state index is 13.2. The van der Waals surface area contributed by atoms with E-state index in [1.807, 2.05) is 0 Å². The van der Waals surface area contributed by atoms with E-state index in [1.54, 1.807) is 11.9 Å². The molecule has 0 spiro atoms. The van der Waals surface area contributed by atoms with Crippen LogP contribution in [0.2, 0.25) is 0 Å². The van der Waals surface area contributed by atoms with Crippen LogP contribution in [0.3, 0.4) is 0 Å². The van der Waals surface area contributed by atoms with Crippen molar-refractivity contribution in [3.63, 3.8) is 0 Å². The van der Waals surface area contributed by atoms with Gasteiger partial charge in [-0.3, -0.25) is 19.2 Å². The number of carbonyl (C=O) groups is 5. The zero-order valence-corrected chi connectivity index (χ0v) is 22.3. The fraction of sp³-hybridized carbons (Fsp3) is 0.667. The molecule has 0 aromatic carbocycles.